The van der Waals surface area contributed by atoms with E-state index in [2.05, 4.69) is 41.0 Å². The summed E-state index contributed by atoms with van der Waals surface area (Å²) < 4.78 is 3.42. The molecule has 0 saturated carbocycles. The lowest BCUT2D eigenvalue weighted by atomic mass is 9.85. The highest BCUT2D eigenvalue weighted by Gasteiger charge is 2.22. The summed E-state index contributed by atoms with van der Waals surface area (Å²) >= 11 is 0. The molecule has 4 aromatic rings. The standard InChI is InChI=1S/C28H32N6O2.C2H6/c1-5-12-33-26(36)24-16-29-27(30-22-10-9-19-11-13-32(4)17-20(19)14-22)31-25(24)34(33)23-8-6-7-21(15-23)28(2,3)18-35;1-2/h5-10,14-16,35H,1,11-13,17-18H2,2-4H3,(H,29,30,31);1-2H3. The molecule has 0 amide bonds. The van der Waals surface area contributed by atoms with Crippen LogP contribution in [0.3, 0.4) is 0 Å². The summed E-state index contributed by atoms with van der Waals surface area (Å²) in [6.45, 7) is 14.1. The molecule has 1 aliphatic heterocycles. The van der Waals surface area contributed by atoms with Gasteiger partial charge < -0.3 is 15.3 Å². The third kappa shape index (κ3) is 5.28. The summed E-state index contributed by atoms with van der Waals surface area (Å²) in [6.07, 6.45) is 4.32. The van der Waals surface area contributed by atoms with Crippen molar-refractivity contribution in [2.75, 3.05) is 25.5 Å². The monoisotopic (exact) mass is 514 g/mol. The molecule has 2 aromatic carbocycles. The Balaban J connectivity index is 0.00000164. The molecule has 1 aliphatic rings. The normalized spacial score (nSPS) is 13.5. The SMILES string of the molecule is C=CCn1c(=O)c2cnc(Nc3ccc4c(c3)CN(C)CC4)nc2n1-c1cccc(C(C)(C)CO)c1.CC. The fraction of sp³-hybridized carbons (Fsp3) is 0.367. The average molecular weight is 515 g/mol. The minimum Gasteiger partial charge on any atom is -0.395 e. The Morgan fingerprint density at radius 3 is 2.68 bits per heavy atom. The lowest BCUT2D eigenvalue weighted by Crippen LogP contribution is -2.26. The minimum absolute atomic E-state index is 0.00908. The Kier molecular flexibility index (Phi) is 8.14. The number of allylic oxidation sites excluding steroid dienone is 1. The van der Waals surface area contributed by atoms with Gasteiger partial charge in [-0.1, -0.05) is 52.0 Å². The maximum Gasteiger partial charge on any atom is 0.278 e. The third-order valence-electron chi connectivity index (χ3n) is 6.91. The second-order valence-electron chi connectivity index (χ2n) is 10.1. The number of likely N-dealkylation sites (N-methyl/N-ethyl adjacent to an activating group) is 1. The van der Waals surface area contributed by atoms with E-state index in [0.29, 0.717) is 23.5 Å². The van der Waals surface area contributed by atoms with E-state index < -0.39 is 5.41 Å². The summed E-state index contributed by atoms with van der Waals surface area (Å²) in [7, 11) is 2.13. The van der Waals surface area contributed by atoms with Crippen molar-refractivity contribution >= 4 is 22.7 Å². The first kappa shape index (κ1) is 27.3. The molecular weight excluding hydrogens is 476 g/mol. The van der Waals surface area contributed by atoms with Crippen LogP contribution in [0.2, 0.25) is 0 Å². The number of aliphatic hydroxyl groups is 1. The first-order valence-electron chi connectivity index (χ1n) is 13.2. The van der Waals surface area contributed by atoms with E-state index in [1.165, 1.54) is 11.1 Å². The number of hydrogen-bond acceptors (Lipinski definition) is 6. The van der Waals surface area contributed by atoms with Crippen LogP contribution in [0.15, 0.2) is 66.1 Å². The maximum atomic E-state index is 13.3. The predicted octanol–water partition coefficient (Wildman–Crippen LogP) is 4.80. The van der Waals surface area contributed by atoms with E-state index in [1.807, 2.05) is 62.7 Å². The van der Waals surface area contributed by atoms with Crippen LogP contribution in [0.1, 0.15) is 44.4 Å². The van der Waals surface area contributed by atoms with Crippen LogP contribution in [0.4, 0.5) is 11.6 Å². The van der Waals surface area contributed by atoms with E-state index in [-0.39, 0.29) is 12.2 Å². The molecule has 0 fully saturated rings. The van der Waals surface area contributed by atoms with Gasteiger partial charge in [-0.2, -0.15) is 4.98 Å². The third-order valence-corrected chi connectivity index (χ3v) is 6.91. The minimum atomic E-state index is -0.426. The number of rotatable bonds is 7. The molecule has 2 aromatic heterocycles. The molecule has 3 heterocycles. The molecule has 5 rings (SSSR count). The quantitative estimate of drug-likeness (QED) is 0.345. The van der Waals surface area contributed by atoms with Crippen LogP contribution in [0, 0.1) is 0 Å². The van der Waals surface area contributed by atoms with Gasteiger partial charge >= 0.3 is 0 Å². The highest BCUT2D eigenvalue weighted by molar-refractivity contribution is 5.77. The van der Waals surface area contributed by atoms with Gasteiger partial charge in [0, 0.05) is 30.4 Å². The molecule has 0 atom stereocenters. The average Bonchev–Trinajstić information content (AvgIpc) is 3.20. The van der Waals surface area contributed by atoms with E-state index >= 15 is 0 Å². The van der Waals surface area contributed by atoms with Crippen LogP contribution in [0.5, 0.6) is 0 Å². The zero-order chi connectivity index (χ0) is 27.4. The maximum absolute atomic E-state index is 13.3. The first-order chi connectivity index (χ1) is 18.3. The Hall–Kier alpha value is -3.75. The van der Waals surface area contributed by atoms with E-state index in [9.17, 15) is 9.90 Å². The van der Waals surface area contributed by atoms with Crippen LogP contribution in [-0.4, -0.2) is 49.5 Å². The fourth-order valence-electron chi connectivity index (χ4n) is 4.69. The second kappa shape index (κ2) is 11.3. The summed E-state index contributed by atoms with van der Waals surface area (Å²) in [6, 6.07) is 14.2. The van der Waals surface area contributed by atoms with E-state index in [4.69, 9.17) is 4.98 Å². The van der Waals surface area contributed by atoms with E-state index in [0.717, 1.165) is 36.4 Å². The van der Waals surface area contributed by atoms with Gasteiger partial charge in [-0.3, -0.25) is 4.79 Å². The lowest BCUT2D eigenvalue weighted by Gasteiger charge is -2.25. The number of anilines is 2. The van der Waals surface area contributed by atoms with Crippen molar-refractivity contribution in [2.45, 2.75) is 52.6 Å². The molecule has 0 bridgehead atoms. The molecule has 38 heavy (non-hydrogen) atoms. The Morgan fingerprint density at radius 1 is 1.16 bits per heavy atom. The van der Waals surface area contributed by atoms with Crippen molar-refractivity contribution in [1.29, 1.82) is 0 Å². The van der Waals surface area contributed by atoms with Gasteiger partial charge in [-0.25, -0.2) is 14.3 Å². The summed E-state index contributed by atoms with van der Waals surface area (Å²) in [5.41, 5.74) is 5.23. The van der Waals surface area contributed by atoms with Crippen LogP contribution >= 0.6 is 0 Å². The van der Waals surface area contributed by atoms with Crippen molar-refractivity contribution < 1.29 is 5.11 Å². The topological polar surface area (TPSA) is 88.2 Å². The van der Waals surface area contributed by atoms with Crippen molar-refractivity contribution in [3.63, 3.8) is 0 Å². The first-order valence-corrected chi connectivity index (χ1v) is 13.2. The number of nitrogens with one attached hydrogen (secondary N) is 1. The van der Waals surface area contributed by atoms with E-state index in [1.54, 1.807) is 17.0 Å². The summed E-state index contributed by atoms with van der Waals surface area (Å²) in [5, 5.41) is 13.6. The Morgan fingerprint density at radius 2 is 1.95 bits per heavy atom. The zero-order valence-corrected chi connectivity index (χ0v) is 23.0. The molecule has 8 nitrogen and oxygen atoms in total. The van der Waals surface area contributed by atoms with Crippen LogP contribution < -0.4 is 10.9 Å². The summed E-state index contributed by atoms with van der Waals surface area (Å²) in [4.78, 5) is 24.8. The van der Waals surface area contributed by atoms with Gasteiger partial charge in [-0.15, -0.1) is 6.58 Å². The van der Waals surface area contributed by atoms with Gasteiger partial charge in [0.1, 0.15) is 5.39 Å². The summed E-state index contributed by atoms with van der Waals surface area (Å²) in [5.74, 6) is 0.419. The van der Waals surface area contributed by atoms with Crippen molar-refractivity contribution in [2.24, 2.45) is 0 Å². The molecule has 0 aliphatic carbocycles. The van der Waals surface area contributed by atoms with Gasteiger partial charge in [0.05, 0.1) is 18.8 Å². The van der Waals surface area contributed by atoms with Gasteiger partial charge in [-0.05, 0) is 54.4 Å². The lowest BCUT2D eigenvalue weighted by molar-refractivity contribution is 0.218. The van der Waals surface area contributed by atoms with Gasteiger partial charge in [0.2, 0.25) is 5.95 Å². The largest absolute Gasteiger partial charge is 0.395 e. The van der Waals surface area contributed by atoms with Gasteiger partial charge in [0.25, 0.3) is 5.56 Å². The highest BCUT2D eigenvalue weighted by atomic mass is 16.3. The molecule has 0 radical (unpaired) electrons. The number of hydrogen-bond donors (Lipinski definition) is 2. The van der Waals surface area contributed by atoms with Crippen molar-refractivity contribution in [1.82, 2.24) is 24.2 Å². The smallest absolute Gasteiger partial charge is 0.278 e. The fourth-order valence-corrected chi connectivity index (χ4v) is 4.69. The number of aliphatic hydroxyl groups excluding tert-OH is 1. The number of fused-ring (bicyclic) bond motifs is 2. The molecule has 0 spiro atoms. The number of benzene rings is 2. The molecule has 0 saturated heterocycles. The van der Waals surface area contributed by atoms with Crippen molar-refractivity contribution in [3.05, 3.63) is 88.4 Å². The molecule has 8 heteroatoms. The zero-order valence-electron chi connectivity index (χ0n) is 23.0. The molecule has 0 unspecified atom stereocenters. The Bertz CT molecular complexity index is 1500. The van der Waals surface area contributed by atoms with Gasteiger partial charge in [0.15, 0.2) is 5.65 Å². The Labute approximate surface area is 224 Å². The highest BCUT2D eigenvalue weighted by Crippen LogP contribution is 2.27. The second-order valence-corrected chi connectivity index (χ2v) is 10.1. The van der Waals surface area contributed by atoms with Crippen LogP contribution in [-0.2, 0) is 24.9 Å². The number of aromatic nitrogens is 4. The molecule has 2 N–H and O–H groups in total. The van der Waals surface area contributed by atoms with Crippen molar-refractivity contribution in [3.8, 4) is 5.69 Å². The molecule has 200 valence electrons. The predicted molar refractivity (Wildman–Crippen MR) is 155 cm³/mol. The number of nitrogens with zero attached hydrogens (tertiary/aromatic N) is 5. The molecular formula is C30H38N6O2. The van der Waals surface area contributed by atoms with Crippen LogP contribution in [0.25, 0.3) is 16.7 Å².